The lowest BCUT2D eigenvalue weighted by molar-refractivity contribution is -0.141. The molecule has 2 N–H and O–H groups in total. The third kappa shape index (κ3) is 6.14. The Balaban J connectivity index is 1.51. The van der Waals surface area contributed by atoms with Gasteiger partial charge in [0.15, 0.2) is 17.3 Å². The fraction of sp³-hybridized carbons (Fsp3) is 0.240. The molecule has 0 saturated carbocycles. The van der Waals surface area contributed by atoms with Crippen molar-refractivity contribution in [2.75, 3.05) is 17.7 Å². The highest BCUT2D eigenvalue weighted by Crippen LogP contribution is 2.31. The van der Waals surface area contributed by atoms with Gasteiger partial charge in [0.25, 0.3) is 5.91 Å². The highest BCUT2D eigenvalue weighted by atomic mass is 19.4. The number of aryl methyl sites for hydroxylation is 2. The van der Waals surface area contributed by atoms with E-state index in [2.05, 4.69) is 30.7 Å². The Labute approximate surface area is 225 Å². The Morgan fingerprint density at radius 2 is 1.95 bits per heavy atom. The molecule has 12 nitrogen and oxygen atoms in total. The summed E-state index contributed by atoms with van der Waals surface area (Å²) in [5.41, 5.74) is 0.0986. The van der Waals surface area contributed by atoms with E-state index in [1.54, 1.807) is 25.1 Å². The normalized spacial score (nSPS) is 11.2. The monoisotopic (exact) mass is 556 g/mol. The van der Waals surface area contributed by atoms with Crippen LogP contribution in [0.15, 0.2) is 47.4 Å². The molecule has 15 heteroatoms. The van der Waals surface area contributed by atoms with Gasteiger partial charge in [-0.3, -0.25) is 24.3 Å². The van der Waals surface area contributed by atoms with Crippen LogP contribution in [0.5, 0.6) is 0 Å². The maximum Gasteiger partial charge on any atom is 0.433 e. The van der Waals surface area contributed by atoms with Gasteiger partial charge in [-0.05, 0) is 37.6 Å². The molecule has 0 spiro atoms. The number of nitrogens with zero attached hydrogens (tertiary/aromatic N) is 6. The maximum absolute atomic E-state index is 13.2. The van der Waals surface area contributed by atoms with Crippen LogP contribution in [-0.4, -0.2) is 54.8 Å². The lowest BCUT2D eigenvalue weighted by Crippen LogP contribution is -2.32. The van der Waals surface area contributed by atoms with Crippen LogP contribution in [0.2, 0.25) is 0 Å². The second-order valence-electron chi connectivity index (χ2n) is 8.64. The summed E-state index contributed by atoms with van der Waals surface area (Å²) in [4.78, 5) is 50.6. The molecule has 4 aromatic rings. The van der Waals surface area contributed by atoms with Gasteiger partial charge in [-0.1, -0.05) is 11.2 Å². The fourth-order valence-corrected chi connectivity index (χ4v) is 3.87. The van der Waals surface area contributed by atoms with Gasteiger partial charge >= 0.3 is 6.18 Å². The van der Waals surface area contributed by atoms with Crippen molar-refractivity contribution in [1.29, 1.82) is 0 Å². The van der Waals surface area contributed by atoms with Crippen LogP contribution in [0.1, 0.15) is 33.2 Å². The number of alkyl halides is 3. The molecule has 4 aromatic heterocycles. The van der Waals surface area contributed by atoms with Crippen molar-refractivity contribution in [2.45, 2.75) is 33.1 Å². The quantitative estimate of drug-likeness (QED) is 0.296. The summed E-state index contributed by atoms with van der Waals surface area (Å²) in [5.74, 6) is -0.758. The number of anilines is 2. The molecular formula is C25H23F3N8O4. The van der Waals surface area contributed by atoms with Crippen molar-refractivity contribution in [3.8, 4) is 11.3 Å². The summed E-state index contributed by atoms with van der Waals surface area (Å²) in [6.45, 7) is 2.45. The Bertz CT molecular complexity index is 1560. The smallest absolute Gasteiger partial charge is 0.371 e. The van der Waals surface area contributed by atoms with Gasteiger partial charge in [0.1, 0.15) is 18.1 Å². The minimum atomic E-state index is -4.58. The van der Waals surface area contributed by atoms with Crippen LogP contribution in [0.4, 0.5) is 24.8 Å². The number of halogens is 3. The van der Waals surface area contributed by atoms with Gasteiger partial charge < -0.3 is 19.7 Å². The average Bonchev–Trinajstić information content (AvgIpc) is 3.51. The number of imide groups is 1. The number of rotatable bonds is 9. The van der Waals surface area contributed by atoms with Crippen LogP contribution in [0, 0.1) is 13.8 Å². The molecule has 0 aliphatic carbocycles. The summed E-state index contributed by atoms with van der Waals surface area (Å²) in [5, 5.41) is 9.09. The van der Waals surface area contributed by atoms with E-state index >= 15 is 0 Å². The lowest BCUT2D eigenvalue weighted by atomic mass is 10.1. The van der Waals surface area contributed by atoms with Gasteiger partial charge in [-0.2, -0.15) is 13.2 Å². The van der Waals surface area contributed by atoms with E-state index in [1.807, 2.05) is 0 Å². The predicted molar refractivity (Wildman–Crippen MR) is 135 cm³/mol. The Hall–Kier alpha value is -5.08. The van der Waals surface area contributed by atoms with Gasteiger partial charge in [0.2, 0.25) is 12.3 Å². The molecule has 0 aromatic carbocycles. The van der Waals surface area contributed by atoms with Crippen LogP contribution >= 0.6 is 0 Å². The van der Waals surface area contributed by atoms with E-state index in [0.717, 1.165) is 11.1 Å². The number of aromatic nitrogens is 5. The van der Waals surface area contributed by atoms with Crippen molar-refractivity contribution in [3.63, 3.8) is 0 Å². The number of imidazole rings is 1. The number of hydrogen-bond donors (Lipinski definition) is 2. The SMILES string of the molecule is CNc1ncn(CC(=O)Nc2cccc(-c3cnc(C(F)(F)F)c(C)c3)n2)c1C(=O)N(C=O)Cc1cc(C)no1. The van der Waals surface area contributed by atoms with Gasteiger partial charge in [-0.25, -0.2) is 9.97 Å². The van der Waals surface area contributed by atoms with Crippen molar-refractivity contribution < 1.29 is 32.1 Å². The minimum absolute atomic E-state index is 0.0472. The molecule has 208 valence electrons. The van der Waals surface area contributed by atoms with Gasteiger partial charge in [0.05, 0.1) is 24.3 Å². The zero-order valence-electron chi connectivity index (χ0n) is 21.5. The first-order valence-corrected chi connectivity index (χ1v) is 11.7. The molecule has 0 bridgehead atoms. The third-order valence-electron chi connectivity index (χ3n) is 5.64. The molecule has 0 radical (unpaired) electrons. The minimum Gasteiger partial charge on any atom is -0.371 e. The fourth-order valence-electron chi connectivity index (χ4n) is 3.87. The standard InChI is InChI=1S/C25H23F3N8O4/c1-14-7-16(9-30-22(14)25(26,27)28)18-5-4-6-19(32-18)33-20(38)11-35-12-31-23(29-3)21(35)24(39)36(13-37)10-17-8-15(2)34-40-17/h4-9,12-13,29H,10-11H2,1-3H3,(H,32,33,38). The molecule has 40 heavy (non-hydrogen) atoms. The maximum atomic E-state index is 13.2. The Morgan fingerprint density at radius 1 is 1.18 bits per heavy atom. The molecule has 0 aliphatic rings. The second-order valence-corrected chi connectivity index (χ2v) is 8.64. The van der Waals surface area contributed by atoms with E-state index in [-0.39, 0.29) is 41.7 Å². The Kier molecular flexibility index (Phi) is 7.93. The first-order valence-electron chi connectivity index (χ1n) is 11.7. The third-order valence-corrected chi connectivity index (χ3v) is 5.64. The van der Waals surface area contributed by atoms with Gasteiger partial charge in [-0.15, -0.1) is 0 Å². The summed E-state index contributed by atoms with van der Waals surface area (Å²) < 4.78 is 45.5. The zero-order valence-corrected chi connectivity index (χ0v) is 21.5. The van der Waals surface area contributed by atoms with Crippen LogP contribution in [0.3, 0.4) is 0 Å². The van der Waals surface area contributed by atoms with Crippen LogP contribution < -0.4 is 10.6 Å². The number of pyridine rings is 2. The van der Waals surface area contributed by atoms with Crippen LogP contribution in [-0.2, 0) is 28.9 Å². The second kappa shape index (κ2) is 11.3. The largest absolute Gasteiger partial charge is 0.433 e. The van der Waals surface area contributed by atoms with Crippen molar-refractivity contribution in [2.24, 2.45) is 0 Å². The average molecular weight is 557 g/mol. The van der Waals surface area contributed by atoms with Crippen LogP contribution in [0.25, 0.3) is 11.3 Å². The predicted octanol–water partition coefficient (Wildman–Crippen LogP) is 3.44. The number of carbonyl (C=O) groups excluding carboxylic acids is 3. The summed E-state index contributed by atoms with van der Waals surface area (Å²) in [7, 11) is 1.53. The molecule has 0 saturated heterocycles. The molecule has 3 amide bonds. The lowest BCUT2D eigenvalue weighted by Gasteiger charge is -2.16. The molecule has 0 fully saturated rings. The number of nitrogens with one attached hydrogen (secondary N) is 2. The van der Waals surface area contributed by atoms with Crippen molar-refractivity contribution in [1.82, 2.24) is 29.6 Å². The molecular weight excluding hydrogens is 533 g/mol. The van der Waals surface area contributed by atoms with E-state index in [1.165, 1.54) is 37.0 Å². The number of amides is 3. The molecule has 4 rings (SSSR count). The number of hydrogen-bond acceptors (Lipinski definition) is 9. The Morgan fingerprint density at radius 3 is 2.58 bits per heavy atom. The van der Waals surface area contributed by atoms with E-state index in [9.17, 15) is 27.6 Å². The van der Waals surface area contributed by atoms with Gasteiger partial charge in [0, 0.05) is 24.9 Å². The first kappa shape index (κ1) is 27.9. The summed E-state index contributed by atoms with van der Waals surface area (Å²) in [6, 6.07) is 7.53. The highest BCUT2D eigenvalue weighted by molar-refractivity contribution is 6.02. The topological polar surface area (TPSA) is 148 Å². The number of carbonyl (C=O) groups is 3. The summed E-state index contributed by atoms with van der Waals surface area (Å²) in [6.07, 6.45) is -1.92. The van der Waals surface area contributed by atoms with Crippen molar-refractivity contribution in [3.05, 3.63) is 71.3 Å². The van der Waals surface area contributed by atoms with E-state index in [4.69, 9.17) is 4.52 Å². The zero-order chi connectivity index (χ0) is 29.0. The molecule has 4 heterocycles. The molecule has 0 unspecified atom stereocenters. The van der Waals surface area contributed by atoms with E-state index < -0.39 is 23.7 Å². The summed E-state index contributed by atoms with van der Waals surface area (Å²) >= 11 is 0. The van der Waals surface area contributed by atoms with E-state index in [0.29, 0.717) is 23.4 Å². The van der Waals surface area contributed by atoms with Crippen molar-refractivity contribution >= 4 is 29.9 Å². The highest BCUT2D eigenvalue weighted by Gasteiger charge is 2.34. The molecule has 0 atom stereocenters. The first-order chi connectivity index (χ1) is 19.0. The molecule has 0 aliphatic heterocycles.